The standard InChI is InChI=1S/C29H32ClFN6O3S/c30-26-25(21(15-31)19-41-26)37-17-22-16-32-28-33-23-6-7-24(40-13-11-35-8-2-1-3-9-35)20(14-23)18-39-12-5-4-10-36(29(37)38)27(22)34-28/h4-7,14,16,19H,1-3,8-13,15,17-18H2,(H,32,33,34)/b5-4+. The summed E-state index contributed by atoms with van der Waals surface area (Å²) in [4.78, 5) is 28.4. The molecule has 2 amide bonds. The summed E-state index contributed by atoms with van der Waals surface area (Å²) in [5, 5.41) is 4.91. The minimum atomic E-state index is -0.712. The Hall–Kier alpha value is -3.25. The molecule has 2 aromatic heterocycles. The van der Waals surface area contributed by atoms with Crippen molar-refractivity contribution in [2.45, 2.75) is 39.1 Å². The van der Waals surface area contributed by atoms with Crippen molar-refractivity contribution < 1.29 is 18.7 Å². The minimum absolute atomic E-state index is 0.189. The first kappa shape index (κ1) is 27.9. The lowest BCUT2D eigenvalue weighted by Crippen LogP contribution is -2.48. The van der Waals surface area contributed by atoms with Gasteiger partial charge in [-0.15, -0.1) is 11.3 Å². The van der Waals surface area contributed by atoms with E-state index in [-0.39, 0.29) is 19.1 Å². The zero-order valence-corrected chi connectivity index (χ0v) is 24.2. The van der Waals surface area contributed by atoms with Crippen LogP contribution < -0.4 is 19.9 Å². The molecule has 0 unspecified atom stereocenters. The van der Waals surface area contributed by atoms with Gasteiger partial charge >= 0.3 is 6.03 Å². The van der Waals surface area contributed by atoms with E-state index < -0.39 is 6.67 Å². The molecule has 1 N–H and O–H groups in total. The Labute approximate surface area is 247 Å². The summed E-state index contributed by atoms with van der Waals surface area (Å²) in [7, 11) is 0. The Bertz CT molecular complexity index is 1430. The van der Waals surface area contributed by atoms with Crippen LogP contribution in [0.25, 0.3) is 0 Å². The largest absolute Gasteiger partial charge is 0.492 e. The van der Waals surface area contributed by atoms with E-state index in [0.29, 0.717) is 47.2 Å². The molecule has 1 aromatic carbocycles. The SMILES string of the molecule is O=C1N2C/C=C/COCc3cc(ccc3OCCN3CCCCC3)Nc3ncc(c2n3)CN1c1c(CF)csc1Cl. The Morgan fingerprint density at radius 2 is 2.02 bits per heavy atom. The number of aromatic nitrogens is 2. The lowest BCUT2D eigenvalue weighted by Gasteiger charge is -2.36. The number of benzene rings is 1. The number of anilines is 4. The van der Waals surface area contributed by atoms with Crippen LogP contribution in [0, 0.1) is 0 Å². The topological polar surface area (TPSA) is 83.1 Å². The van der Waals surface area contributed by atoms with Gasteiger partial charge in [-0.1, -0.05) is 30.2 Å². The molecule has 12 heteroatoms. The summed E-state index contributed by atoms with van der Waals surface area (Å²) in [5.41, 5.74) is 3.23. The van der Waals surface area contributed by atoms with Crippen molar-refractivity contribution in [2.75, 3.05) is 54.5 Å². The number of hydrogen-bond donors (Lipinski definition) is 1. The molecule has 9 nitrogen and oxygen atoms in total. The van der Waals surface area contributed by atoms with E-state index in [9.17, 15) is 9.18 Å². The number of alkyl halides is 1. The van der Waals surface area contributed by atoms with Crippen LogP contribution in [-0.2, 0) is 24.6 Å². The fourth-order valence-electron chi connectivity index (χ4n) is 5.34. The highest BCUT2D eigenvalue weighted by molar-refractivity contribution is 7.15. The van der Waals surface area contributed by atoms with Gasteiger partial charge in [-0.05, 0) is 44.1 Å². The van der Waals surface area contributed by atoms with E-state index in [1.165, 1.54) is 35.5 Å². The summed E-state index contributed by atoms with van der Waals surface area (Å²) in [6.45, 7) is 4.26. The molecule has 216 valence electrons. The first-order chi connectivity index (χ1) is 20.1. The summed E-state index contributed by atoms with van der Waals surface area (Å²) >= 11 is 7.60. The molecule has 0 saturated carbocycles. The summed E-state index contributed by atoms with van der Waals surface area (Å²) in [5.74, 6) is 1.66. The fourth-order valence-corrected chi connectivity index (χ4v) is 6.47. The maximum absolute atomic E-state index is 13.7. The highest BCUT2D eigenvalue weighted by Crippen LogP contribution is 2.41. The van der Waals surface area contributed by atoms with E-state index in [1.54, 1.807) is 16.5 Å². The number of nitrogens with zero attached hydrogens (tertiary/aromatic N) is 5. The van der Waals surface area contributed by atoms with Crippen LogP contribution in [0.5, 0.6) is 5.75 Å². The smallest absolute Gasteiger partial charge is 0.330 e. The summed E-state index contributed by atoms with van der Waals surface area (Å²) < 4.78 is 26.2. The van der Waals surface area contributed by atoms with Crippen LogP contribution in [0.3, 0.4) is 0 Å². The number of likely N-dealkylation sites (tertiary alicyclic amines) is 1. The predicted octanol–water partition coefficient (Wildman–Crippen LogP) is 6.30. The predicted molar refractivity (Wildman–Crippen MR) is 159 cm³/mol. The van der Waals surface area contributed by atoms with Gasteiger partial charge in [-0.3, -0.25) is 14.7 Å². The van der Waals surface area contributed by atoms with Crippen molar-refractivity contribution in [1.82, 2.24) is 14.9 Å². The number of halogens is 2. The Morgan fingerprint density at radius 1 is 1.15 bits per heavy atom. The van der Waals surface area contributed by atoms with Crippen LogP contribution in [-0.4, -0.2) is 60.3 Å². The number of hydrogen-bond acceptors (Lipinski definition) is 8. The zero-order chi connectivity index (χ0) is 28.2. The molecule has 0 radical (unpaired) electrons. The van der Waals surface area contributed by atoms with Gasteiger partial charge in [0.2, 0.25) is 5.95 Å². The molecule has 0 atom stereocenters. The molecular formula is C29H32ClFN6O3S. The lowest BCUT2D eigenvalue weighted by molar-refractivity contribution is 0.142. The first-order valence-corrected chi connectivity index (χ1v) is 15.1. The Balaban J connectivity index is 1.25. The summed E-state index contributed by atoms with van der Waals surface area (Å²) in [6, 6.07) is 5.52. The number of nitrogens with one attached hydrogen (secondary N) is 1. The van der Waals surface area contributed by atoms with E-state index in [0.717, 1.165) is 42.2 Å². The van der Waals surface area contributed by atoms with Gasteiger partial charge in [-0.25, -0.2) is 14.2 Å². The number of ether oxygens (including phenoxy) is 2. The second-order valence-electron chi connectivity index (χ2n) is 10.2. The number of amides is 2. The number of carbonyl (C=O) groups is 1. The molecule has 6 rings (SSSR count). The molecule has 3 aliphatic rings. The summed E-state index contributed by atoms with van der Waals surface area (Å²) in [6.07, 6.45) is 9.26. The molecule has 3 aromatic rings. The number of piperidine rings is 1. The normalized spacial score (nSPS) is 18.5. The maximum atomic E-state index is 13.7. The number of rotatable bonds is 6. The van der Waals surface area contributed by atoms with Gasteiger partial charge in [-0.2, -0.15) is 4.98 Å². The number of carbonyl (C=O) groups excluding carboxylic acids is 1. The molecule has 0 aliphatic carbocycles. The van der Waals surface area contributed by atoms with Crippen LogP contribution >= 0.6 is 22.9 Å². The molecule has 4 bridgehead atoms. The van der Waals surface area contributed by atoms with E-state index in [1.807, 2.05) is 30.4 Å². The van der Waals surface area contributed by atoms with E-state index in [4.69, 9.17) is 26.1 Å². The molecule has 3 aliphatic heterocycles. The lowest BCUT2D eigenvalue weighted by atomic mass is 10.1. The third kappa shape index (κ3) is 6.18. The highest BCUT2D eigenvalue weighted by atomic mass is 35.5. The van der Waals surface area contributed by atoms with Crippen LogP contribution in [0.2, 0.25) is 4.34 Å². The van der Waals surface area contributed by atoms with Crippen molar-refractivity contribution in [3.05, 3.63) is 63.0 Å². The zero-order valence-electron chi connectivity index (χ0n) is 22.7. The monoisotopic (exact) mass is 598 g/mol. The van der Waals surface area contributed by atoms with Gasteiger partial charge in [0, 0.05) is 47.0 Å². The van der Waals surface area contributed by atoms with Gasteiger partial charge < -0.3 is 14.8 Å². The van der Waals surface area contributed by atoms with Gasteiger partial charge in [0.05, 0.1) is 25.4 Å². The van der Waals surface area contributed by atoms with Crippen molar-refractivity contribution in [2.24, 2.45) is 0 Å². The molecular weight excluding hydrogens is 567 g/mol. The number of thiophene rings is 1. The minimum Gasteiger partial charge on any atom is -0.492 e. The van der Waals surface area contributed by atoms with Crippen LogP contribution in [0.15, 0.2) is 41.9 Å². The van der Waals surface area contributed by atoms with E-state index >= 15 is 0 Å². The molecule has 0 spiro atoms. The van der Waals surface area contributed by atoms with Gasteiger partial charge in [0.1, 0.15) is 29.2 Å². The van der Waals surface area contributed by atoms with Crippen molar-refractivity contribution in [3.63, 3.8) is 0 Å². The van der Waals surface area contributed by atoms with Crippen molar-refractivity contribution in [3.8, 4) is 5.75 Å². The molecule has 41 heavy (non-hydrogen) atoms. The van der Waals surface area contributed by atoms with Gasteiger partial charge in [0.25, 0.3) is 0 Å². The Morgan fingerprint density at radius 3 is 2.88 bits per heavy atom. The number of urea groups is 1. The molecule has 5 heterocycles. The molecule has 1 fully saturated rings. The third-order valence-corrected chi connectivity index (χ3v) is 8.70. The quantitative estimate of drug-likeness (QED) is 0.333. The molecule has 1 saturated heterocycles. The average Bonchev–Trinajstić information content (AvgIpc) is 3.36. The Kier molecular flexibility index (Phi) is 8.66. The number of fused-ring (bicyclic) bond motifs is 3. The van der Waals surface area contributed by atoms with Crippen LogP contribution in [0.4, 0.5) is 32.3 Å². The van der Waals surface area contributed by atoms with Crippen LogP contribution in [0.1, 0.15) is 36.0 Å². The second kappa shape index (κ2) is 12.7. The average molecular weight is 599 g/mol. The fraction of sp³-hybridized carbons (Fsp3) is 0.414. The van der Waals surface area contributed by atoms with Gasteiger partial charge in [0.15, 0.2) is 0 Å². The van der Waals surface area contributed by atoms with E-state index in [2.05, 4.69) is 15.2 Å². The third-order valence-electron chi connectivity index (χ3n) is 7.45. The second-order valence-corrected chi connectivity index (χ2v) is 11.7. The maximum Gasteiger partial charge on any atom is 0.330 e. The van der Waals surface area contributed by atoms with Crippen molar-refractivity contribution in [1.29, 1.82) is 0 Å². The van der Waals surface area contributed by atoms with Crippen molar-refractivity contribution >= 4 is 52.1 Å². The highest BCUT2D eigenvalue weighted by Gasteiger charge is 2.35. The first-order valence-electron chi connectivity index (χ1n) is 13.9.